The fraction of sp³-hybridized carbons (Fsp3) is 0. The summed E-state index contributed by atoms with van der Waals surface area (Å²) in [7, 11) is 4.96. The van der Waals surface area contributed by atoms with Gasteiger partial charge in [0.1, 0.15) is 0 Å². The summed E-state index contributed by atoms with van der Waals surface area (Å²) in [5.41, 5.74) is 25.8. The molecule has 12 aromatic carbocycles. The molecule has 0 fully saturated rings. The van der Waals surface area contributed by atoms with E-state index >= 15 is 0 Å². The molecule has 466 valence electrons. The molecule has 5 heteroatoms. The normalized spacial score (nSPS) is 10.7. The topological polar surface area (TPSA) is 0 Å². The second-order valence-electron chi connectivity index (χ2n) is 22.7. The molecule has 0 aliphatic heterocycles. The molecule has 0 saturated heterocycles. The largest absolute Gasteiger partial charge is 0.0671 e. The zero-order valence-corrected chi connectivity index (χ0v) is 58.5. The SMILES string of the molecule is [Pd].c1ccc(-c2ccpc(-c3ccccc3)c2-c2ccccc2)cc1.c1ccc(-c2ccpc(-c3ccccc3)c2-c2ccccc2)cc1.c1ccc(-c2ccpc(-c3ccccc3)c2-c2ccccc2)cc1.c1ccc(-c2ccpc(-c3ccccc3)c2-c2ccccc2)cc1. The summed E-state index contributed by atoms with van der Waals surface area (Å²) < 4.78 is 0. The molecule has 4 heterocycles. The Labute approximate surface area is 592 Å². The van der Waals surface area contributed by atoms with Crippen molar-refractivity contribution in [1.29, 1.82) is 0 Å². The van der Waals surface area contributed by atoms with Crippen molar-refractivity contribution in [3.8, 4) is 132 Å². The Morgan fingerprint density at radius 1 is 0.124 bits per heavy atom. The smallest absolute Gasteiger partial charge is 0.0175 e. The molecule has 16 aromatic rings. The Balaban J connectivity index is 0.000000123. The van der Waals surface area contributed by atoms with Crippen molar-refractivity contribution in [3.05, 3.63) is 411 Å². The van der Waals surface area contributed by atoms with Gasteiger partial charge in [0.2, 0.25) is 0 Å². The first kappa shape index (κ1) is 66.9. The maximum atomic E-state index is 2.26. The molecule has 0 saturated carbocycles. The molecule has 0 nitrogen and oxygen atoms in total. The maximum absolute atomic E-state index is 2.26. The van der Waals surface area contributed by atoms with E-state index in [4.69, 9.17) is 0 Å². The number of benzene rings is 12. The molecule has 0 aliphatic carbocycles. The summed E-state index contributed by atoms with van der Waals surface area (Å²) in [6, 6.07) is 137. The van der Waals surface area contributed by atoms with Gasteiger partial charge in [-0.1, -0.05) is 397 Å². The first-order valence-electron chi connectivity index (χ1n) is 32.3. The summed E-state index contributed by atoms with van der Waals surface area (Å²) >= 11 is 0. The van der Waals surface area contributed by atoms with E-state index in [1.54, 1.807) is 0 Å². The number of rotatable bonds is 12. The Hall–Kier alpha value is -10.1. The second-order valence-corrected chi connectivity index (χ2v) is 26.7. The van der Waals surface area contributed by atoms with E-state index in [0.29, 0.717) is 0 Å². The van der Waals surface area contributed by atoms with E-state index < -0.39 is 0 Å². The standard InChI is InChI=1S/4C23H17P.Pd/c4*1-4-10-18(11-5-1)21-16-17-24-23(20-14-8-3-9-15-20)22(21)19-12-6-2-7-13-19;/h4*1-17H;. The summed E-state index contributed by atoms with van der Waals surface area (Å²) in [5.74, 6) is 8.99. The maximum Gasteiger partial charge on any atom is 0.0175 e. The molecule has 4 aromatic heterocycles. The molecule has 0 N–H and O–H groups in total. The van der Waals surface area contributed by atoms with E-state index in [0.717, 1.165) is 0 Å². The number of hydrogen-bond acceptors (Lipinski definition) is 0. The molecule has 0 unspecified atom stereocenters. The molecule has 0 atom stereocenters. The van der Waals surface area contributed by atoms with Gasteiger partial charge in [0.05, 0.1) is 0 Å². The zero-order chi connectivity index (χ0) is 64.8. The summed E-state index contributed by atoms with van der Waals surface area (Å²) in [5, 5.41) is 5.46. The fourth-order valence-corrected chi connectivity index (χ4v) is 16.3. The molecule has 16 rings (SSSR count). The van der Waals surface area contributed by atoms with Crippen LogP contribution in [0.15, 0.2) is 411 Å². The van der Waals surface area contributed by atoms with Gasteiger partial charge < -0.3 is 0 Å². The van der Waals surface area contributed by atoms with E-state index in [2.05, 4.69) is 411 Å². The average molecular weight is 1400 g/mol. The molecule has 0 spiro atoms. The Morgan fingerprint density at radius 3 is 0.392 bits per heavy atom. The molecule has 0 bridgehead atoms. The third-order valence-electron chi connectivity index (χ3n) is 16.6. The van der Waals surface area contributed by atoms with Crippen LogP contribution < -0.4 is 0 Å². The van der Waals surface area contributed by atoms with Gasteiger partial charge in [-0.2, -0.15) is 0 Å². The summed E-state index contributed by atoms with van der Waals surface area (Å²) in [6.07, 6.45) is 0. The first-order chi connectivity index (χ1) is 47.7. The quantitative estimate of drug-likeness (QED) is 0.107. The van der Waals surface area contributed by atoms with Gasteiger partial charge in [0.25, 0.3) is 0 Å². The van der Waals surface area contributed by atoms with Gasteiger partial charge >= 0.3 is 0 Å². The van der Waals surface area contributed by atoms with Crippen molar-refractivity contribution in [2.45, 2.75) is 0 Å². The predicted octanol–water partition coefficient (Wildman–Crippen LogP) is 29.1. The van der Waals surface area contributed by atoms with Crippen molar-refractivity contribution in [1.82, 2.24) is 0 Å². The monoisotopic (exact) mass is 1400 g/mol. The Kier molecular flexibility index (Phi) is 23.8. The van der Waals surface area contributed by atoms with Crippen LogP contribution >= 0.6 is 32.8 Å². The van der Waals surface area contributed by atoms with Crippen LogP contribution in [0.3, 0.4) is 0 Å². The van der Waals surface area contributed by atoms with Crippen LogP contribution in [0.4, 0.5) is 0 Å². The molecular weight excluding hydrogens is 1340 g/mol. The fourth-order valence-electron chi connectivity index (χ4n) is 12.1. The van der Waals surface area contributed by atoms with Crippen LogP contribution in [0, 0.1) is 0 Å². The Morgan fingerprint density at radius 2 is 0.247 bits per heavy atom. The number of hydrogen-bond donors (Lipinski definition) is 0. The van der Waals surface area contributed by atoms with Gasteiger partial charge in [-0.15, -0.1) is 0 Å². The van der Waals surface area contributed by atoms with Gasteiger partial charge in [0.15, 0.2) is 0 Å². The Bertz CT molecular complexity index is 4140. The summed E-state index contributed by atoms with van der Waals surface area (Å²) in [6.45, 7) is 0. The van der Waals surface area contributed by atoms with E-state index in [-0.39, 0.29) is 20.4 Å². The zero-order valence-electron chi connectivity index (χ0n) is 53.4. The van der Waals surface area contributed by atoms with Crippen molar-refractivity contribution in [3.63, 3.8) is 0 Å². The van der Waals surface area contributed by atoms with Crippen molar-refractivity contribution in [2.75, 3.05) is 0 Å². The predicted molar refractivity (Wildman–Crippen MR) is 421 cm³/mol. The van der Waals surface area contributed by atoms with Crippen molar-refractivity contribution in [2.24, 2.45) is 0 Å². The molecule has 0 amide bonds. The van der Waals surface area contributed by atoms with E-state index in [9.17, 15) is 0 Å². The van der Waals surface area contributed by atoms with Gasteiger partial charge in [-0.25, -0.2) is 0 Å². The van der Waals surface area contributed by atoms with Crippen molar-refractivity contribution < 1.29 is 20.4 Å². The van der Waals surface area contributed by atoms with Crippen LogP contribution in [-0.4, -0.2) is 0 Å². The van der Waals surface area contributed by atoms with Crippen molar-refractivity contribution >= 4 is 32.8 Å². The molecule has 0 radical (unpaired) electrons. The molecular formula is C92H68P4Pd. The second kappa shape index (κ2) is 34.5. The molecule has 0 aliphatic rings. The average Bonchev–Trinajstić information content (AvgIpc) is 0.829. The van der Waals surface area contributed by atoms with Crippen LogP contribution in [0.2, 0.25) is 0 Å². The van der Waals surface area contributed by atoms with Gasteiger partial charge in [0, 0.05) is 63.9 Å². The van der Waals surface area contributed by atoms with E-state index in [1.165, 1.54) is 165 Å². The van der Waals surface area contributed by atoms with Crippen LogP contribution in [0.5, 0.6) is 0 Å². The third-order valence-corrected chi connectivity index (χ3v) is 20.7. The van der Waals surface area contributed by atoms with Crippen LogP contribution in [0.25, 0.3) is 132 Å². The first-order valence-corrected chi connectivity index (χ1v) is 36.2. The van der Waals surface area contributed by atoms with E-state index in [1.807, 2.05) is 0 Å². The minimum atomic E-state index is 0. The molecule has 97 heavy (non-hydrogen) atoms. The minimum Gasteiger partial charge on any atom is -0.0671 e. The van der Waals surface area contributed by atoms with Crippen LogP contribution in [-0.2, 0) is 20.4 Å². The van der Waals surface area contributed by atoms with Gasteiger partial charge in [-0.05, 0) is 136 Å². The minimum absolute atomic E-state index is 0. The third kappa shape index (κ3) is 16.8. The van der Waals surface area contributed by atoms with Crippen LogP contribution in [0.1, 0.15) is 0 Å². The summed E-state index contributed by atoms with van der Waals surface area (Å²) in [4.78, 5) is 0. The van der Waals surface area contributed by atoms with Gasteiger partial charge in [-0.3, -0.25) is 0 Å².